The van der Waals surface area contributed by atoms with Crippen LogP contribution in [0.3, 0.4) is 0 Å². The first-order valence-electron chi connectivity index (χ1n) is 4.26. The maximum atomic E-state index is 10.7. The second kappa shape index (κ2) is 2.48. The van der Waals surface area contributed by atoms with E-state index in [0.717, 1.165) is 25.7 Å². The monoisotopic (exact) mass is 155 g/mol. The first-order chi connectivity index (χ1) is 5.27. The van der Waals surface area contributed by atoms with Crippen LogP contribution in [0, 0.1) is 5.92 Å². The van der Waals surface area contributed by atoms with Crippen molar-refractivity contribution < 1.29 is 9.90 Å². The number of hydrogen-bond acceptors (Lipinski definition) is 2. The van der Waals surface area contributed by atoms with E-state index in [1.165, 1.54) is 0 Å². The molecule has 11 heavy (non-hydrogen) atoms. The maximum Gasteiger partial charge on any atom is 0.320 e. The zero-order chi connectivity index (χ0) is 7.84. The van der Waals surface area contributed by atoms with Crippen molar-refractivity contribution in [1.29, 1.82) is 0 Å². The van der Waals surface area contributed by atoms with Crippen LogP contribution in [0.5, 0.6) is 0 Å². The van der Waals surface area contributed by atoms with Crippen molar-refractivity contribution in [3.05, 3.63) is 0 Å². The summed E-state index contributed by atoms with van der Waals surface area (Å²) < 4.78 is 0. The summed E-state index contributed by atoms with van der Waals surface area (Å²) in [5.41, 5.74) is 0. The van der Waals surface area contributed by atoms with Gasteiger partial charge >= 0.3 is 5.97 Å². The van der Waals surface area contributed by atoms with Crippen molar-refractivity contribution in [3.8, 4) is 0 Å². The largest absolute Gasteiger partial charge is 0.480 e. The summed E-state index contributed by atoms with van der Waals surface area (Å²) in [5.74, 6) is -0.243. The molecule has 0 bridgehead atoms. The lowest BCUT2D eigenvalue weighted by atomic mass is 10.2. The number of carboxylic acids is 1. The van der Waals surface area contributed by atoms with Gasteiger partial charge in [0.25, 0.3) is 0 Å². The number of aliphatic carboxylic acids is 1. The SMILES string of the molecule is O=C(O)C(NC1CC1)C1CC1. The summed E-state index contributed by atoms with van der Waals surface area (Å²) in [7, 11) is 0. The quantitative estimate of drug-likeness (QED) is 0.625. The van der Waals surface area contributed by atoms with Crippen LogP contribution in [0.15, 0.2) is 0 Å². The maximum absolute atomic E-state index is 10.7. The molecule has 0 aliphatic heterocycles. The van der Waals surface area contributed by atoms with Gasteiger partial charge in [0.2, 0.25) is 0 Å². The van der Waals surface area contributed by atoms with Crippen LogP contribution in [0.25, 0.3) is 0 Å². The van der Waals surface area contributed by atoms with Crippen molar-refractivity contribution in [2.45, 2.75) is 37.8 Å². The normalized spacial score (nSPS) is 26.5. The van der Waals surface area contributed by atoms with Crippen LogP contribution in [0.1, 0.15) is 25.7 Å². The molecular formula is C8H13NO2. The molecule has 0 aromatic heterocycles. The molecule has 3 nitrogen and oxygen atoms in total. The van der Waals surface area contributed by atoms with E-state index in [9.17, 15) is 4.79 Å². The van der Waals surface area contributed by atoms with E-state index in [0.29, 0.717) is 12.0 Å². The summed E-state index contributed by atoms with van der Waals surface area (Å²) in [4.78, 5) is 10.7. The van der Waals surface area contributed by atoms with Gasteiger partial charge in [0.05, 0.1) is 0 Å². The second-order valence-corrected chi connectivity index (χ2v) is 3.59. The highest BCUT2D eigenvalue weighted by Gasteiger charge is 2.39. The Hall–Kier alpha value is -0.570. The highest BCUT2D eigenvalue weighted by molar-refractivity contribution is 5.74. The van der Waals surface area contributed by atoms with Crippen molar-refractivity contribution >= 4 is 5.97 Å². The lowest BCUT2D eigenvalue weighted by Gasteiger charge is -2.11. The topological polar surface area (TPSA) is 49.3 Å². The van der Waals surface area contributed by atoms with Crippen molar-refractivity contribution in [3.63, 3.8) is 0 Å². The summed E-state index contributed by atoms with van der Waals surface area (Å²) >= 11 is 0. The highest BCUT2D eigenvalue weighted by atomic mass is 16.4. The molecule has 0 heterocycles. The summed E-state index contributed by atoms with van der Waals surface area (Å²) in [6, 6.07) is 0.263. The summed E-state index contributed by atoms with van der Waals surface area (Å²) in [6.45, 7) is 0. The van der Waals surface area contributed by atoms with Crippen LogP contribution >= 0.6 is 0 Å². The van der Waals surface area contributed by atoms with Gasteiger partial charge in [-0.1, -0.05) is 0 Å². The minimum atomic E-state index is -0.667. The predicted molar refractivity (Wildman–Crippen MR) is 40.3 cm³/mol. The minimum absolute atomic E-state index is 0.248. The van der Waals surface area contributed by atoms with Crippen LogP contribution in [-0.2, 0) is 4.79 Å². The lowest BCUT2D eigenvalue weighted by molar-refractivity contribution is -0.140. The predicted octanol–water partition coefficient (Wildman–Crippen LogP) is 0.602. The highest BCUT2D eigenvalue weighted by Crippen LogP contribution is 2.34. The first kappa shape index (κ1) is 7.10. The van der Waals surface area contributed by atoms with E-state index in [4.69, 9.17) is 5.11 Å². The molecule has 0 saturated heterocycles. The Bertz CT molecular complexity index is 173. The molecule has 2 N–H and O–H groups in total. The molecule has 0 aromatic rings. The molecule has 2 aliphatic rings. The molecule has 0 radical (unpaired) electrons. The molecule has 1 atom stereocenters. The fourth-order valence-electron chi connectivity index (χ4n) is 1.34. The van der Waals surface area contributed by atoms with E-state index in [1.807, 2.05) is 0 Å². The Morgan fingerprint density at radius 2 is 2.00 bits per heavy atom. The Morgan fingerprint density at radius 1 is 1.36 bits per heavy atom. The summed E-state index contributed by atoms with van der Waals surface area (Å²) in [6.07, 6.45) is 4.51. The van der Waals surface area contributed by atoms with Crippen LogP contribution in [-0.4, -0.2) is 23.2 Å². The molecular weight excluding hydrogens is 142 g/mol. The van der Waals surface area contributed by atoms with Crippen molar-refractivity contribution in [2.75, 3.05) is 0 Å². The van der Waals surface area contributed by atoms with Gasteiger partial charge in [-0.25, -0.2) is 0 Å². The van der Waals surface area contributed by atoms with Gasteiger partial charge in [0, 0.05) is 6.04 Å². The van der Waals surface area contributed by atoms with E-state index in [1.54, 1.807) is 0 Å². The molecule has 1 unspecified atom stereocenters. The van der Waals surface area contributed by atoms with Crippen LogP contribution < -0.4 is 5.32 Å². The van der Waals surface area contributed by atoms with Gasteiger partial charge in [-0.05, 0) is 31.6 Å². The van der Waals surface area contributed by atoms with Gasteiger partial charge in [-0.2, -0.15) is 0 Å². The number of carboxylic acid groups (broad SMARTS) is 1. The van der Waals surface area contributed by atoms with E-state index >= 15 is 0 Å². The zero-order valence-corrected chi connectivity index (χ0v) is 6.42. The number of rotatable bonds is 4. The van der Waals surface area contributed by atoms with Crippen molar-refractivity contribution in [1.82, 2.24) is 5.32 Å². The second-order valence-electron chi connectivity index (χ2n) is 3.59. The fraction of sp³-hybridized carbons (Fsp3) is 0.875. The Balaban J connectivity index is 1.85. The standard InChI is InChI=1S/C8H13NO2/c10-8(11)7(5-1-2-5)9-6-3-4-6/h5-7,9H,1-4H2,(H,10,11). The lowest BCUT2D eigenvalue weighted by Crippen LogP contribution is -2.39. The molecule has 0 spiro atoms. The molecule has 2 saturated carbocycles. The fourth-order valence-corrected chi connectivity index (χ4v) is 1.34. The number of nitrogens with one attached hydrogen (secondary N) is 1. The van der Waals surface area contributed by atoms with Crippen molar-refractivity contribution in [2.24, 2.45) is 5.92 Å². The molecule has 2 aliphatic carbocycles. The van der Waals surface area contributed by atoms with Crippen LogP contribution in [0.4, 0.5) is 0 Å². The van der Waals surface area contributed by atoms with Gasteiger partial charge < -0.3 is 10.4 Å². The smallest absolute Gasteiger partial charge is 0.320 e. The first-order valence-corrected chi connectivity index (χ1v) is 4.26. The Labute approximate surface area is 65.8 Å². The van der Waals surface area contributed by atoms with Gasteiger partial charge in [-0.3, -0.25) is 4.79 Å². The minimum Gasteiger partial charge on any atom is -0.480 e. The van der Waals surface area contributed by atoms with Gasteiger partial charge in [0.15, 0.2) is 0 Å². The number of hydrogen-bond donors (Lipinski definition) is 2. The van der Waals surface area contributed by atoms with E-state index in [2.05, 4.69) is 5.32 Å². The third-order valence-electron chi connectivity index (χ3n) is 2.35. The van der Waals surface area contributed by atoms with E-state index in [-0.39, 0.29) is 6.04 Å². The Morgan fingerprint density at radius 3 is 2.36 bits per heavy atom. The van der Waals surface area contributed by atoms with Crippen LogP contribution in [0.2, 0.25) is 0 Å². The molecule has 3 heteroatoms. The Kier molecular flexibility index (Phi) is 1.60. The van der Waals surface area contributed by atoms with Gasteiger partial charge in [0.1, 0.15) is 6.04 Å². The zero-order valence-electron chi connectivity index (χ0n) is 6.42. The molecule has 0 amide bonds. The third kappa shape index (κ3) is 1.71. The molecule has 2 rings (SSSR count). The number of carbonyl (C=O) groups is 1. The van der Waals surface area contributed by atoms with E-state index < -0.39 is 5.97 Å². The van der Waals surface area contributed by atoms with Gasteiger partial charge in [-0.15, -0.1) is 0 Å². The molecule has 0 aromatic carbocycles. The third-order valence-corrected chi connectivity index (χ3v) is 2.35. The molecule has 2 fully saturated rings. The summed E-state index contributed by atoms with van der Waals surface area (Å²) in [5, 5.41) is 12.0. The average Bonchev–Trinajstić information content (AvgIpc) is 2.78. The average molecular weight is 155 g/mol. The molecule has 62 valence electrons.